The van der Waals surface area contributed by atoms with Gasteiger partial charge in [-0.25, -0.2) is 9.37 Å². The molecule has 23 heavy (non-hydrogen) atoms. The number of rotatable bonds is 6. The highest BCUT2D eigenvalue weighted by molar-refractivity contribution is 5.92. The fourth-order valence-corrected chi connectivity index (χ4v) is 1.93. The van der Waals surface area contributed by atoms with Crippen molar-refractivity contribution in [2.45, 2.75) is 26.1 Å². The molecule has 2 rings (SSSR count). The zero-order chi connectivity index (χ0) is 16.8. The van der Waals surface area contributed by atoms with Gasteiger partial charge in [0.1, 0.15) is 11.5 Å². The summed E-state index contributed by atoms with van der Waals surface area (Å²) in [5, 5.41) is 12.6. The van der Waals surface area contributed by atoms with Gasteiger partial charge >= 0.3 is 0 Å². The molecular weight excluding hydrogens is 299 g/mol. The maximum Gasteiger partial charge on any atom is 0.270 e. The van der Waals surface area contributed by atoms with Gasteiger partial charge < -0.3 is 15.2 Å². The first-order chi connectivity index (χ1) is 11.0. The number of aliphatic hydroxyl groups excluding tert-OH is 1. The molecule has 0 aliphatic heterocycles. The van der Waals surface area contributed by atoms with E-state index in [0.717, 1.165) is 0 Å². The van der Waals surface area contributed by atoms with Crippen molar-refractivity contribution in [3.8, 4) is 5.88 Å². The zero-order valence-corrected chi connectivity index (χ0v) is 13.0. The minimum Gasteiger partial charge on any atom is -0.475 e. The Bertz CT molecular complexity index is 659. The molecule has 0 fully saturated rings. The molecule has 5 nitrogen and oxygen atoms in total. The predicted molar refractivity (Wildman–Crippen MR) is 83.7 cm³/mol. The van der Waals surface area contributed by atoms with E-state index in [0.29, 0.717) is 11.4 Å². The molecule has 6 heteroatoms. The van der Waals surface area contributed by atoms with Gasteiger partial charge in [0, 0.05) is 12.6 Å². The van der Waals surface area contributed by atoms with E-state index >= 15 is 0 Å². The molecule has 122 valence electrons. The van der Waals surface area contributed by atoms with E-state index in [1.54, 1.807) is 18.2 Å². The number of hydrogen-bond donors (Lipinski definition) is 2. The number of ether oxygens (including phenoxy) is 1. The second-order valence-electron chi connectivity index (χ2n) is 5.31. The van der Waals surface area contributed by atoms with Crippen molar-refractivity contribution in [1.29, 1.82) is 0 Å². The van der Waals surface area contributed by atoms with Gasteiger partial charge in [-0.3, -0.25) is 4.79 Å². The molecule has 0 saturated heterocycles. The van der Waals surface area contributed by atoms with Crippen molar-refractivity contribution in [2.75, 3.05) is 6.54 Å². The molecule has 2 aromatic rings. The summed E-state index contributed by atoms with van der Waals surface area (Å²) in [6, 6.07) is 10.4. The van der Waals surface area contributed by atoms with Crippen LogP contribution in [0.1, 0.15) is 36.0 Å². The number of nitrogens with zero attached hydrogens (tertiary/aromatic N) is 1. The Morgan fingerprint density at radius 2 is 1.96 bits per heavy atom. The van der Waals surface area contributed by atoms with Crippen molar-refractivity contribution in [2.24, 2.45) is 0 Å². The monoisotopic (exact) mass is 318 g/mol. The van der Waals surface area contributed by atoms with E-state index in [2.05, 4.69) is 10.3 Å². The second-order valence-corrected chi connectivity index (χ2v) is 5.31. The van der Waals surface area contributed by atoms with Gasteiger partial charge in [0.05, 0.1) is 12.2 Å². The number of nitrogens with one attached hydrogen (secondary N) is 1. The lowest BCUT2D eigenvalue weighted by Gasteiger charge is -2.13. The van der Waals surface area contributed by atoms with Crippen LogP contribution >= 0.6 is 0 Å². The zero-order valence-electron chi connectivity index (χ0n) is 13.0. The largest absolute Gasteiger partial charge is 0.475 e. The van der Waals surface area contributed by atoms with Gasteiger partial charge in [-0.2, -0.15) is 0 Å². The van der Waals surface area contributed by atoms with Crippen LogP contribution in [0.2, 0.25) is 0 Å². The highest BCUT2D eigenvalue weighted by Crippen LogP contribution is 2.13. The average molecular weight is 318 g/mol. The summed E-state index contributed by atoms with van der Waals surface area (Å²) in [5.74, 6) is -0.428. The third-order valence-electron chi connectivity index (χ3n) is 3.02. The molecule has 0 saturated carbocycles. The molecule has 0 bridgehead atoms. The lowest BCUT2D eigenvalue weighted by Crippen LogP contribution is -2.29. The third kappa shape index (κ3) is 5.03. The number of amides is 1. The van der Waals surface area contributed by atoms with Crippen LogP contribution in [0, 0.1) is 5.82 Å². The summed E-state index contributed by atoms with van der Waals surface area (Å²) in [4.78, 5) is 16.2. The summed E-state index contributed by atoms with van der Waals surface area (Å²) in [5.41, 5.74) is 0.728. The predicted octanol–water partition coefficient (Wildman–Crippen LogP) is 2.47. The van der Waals surface area contributed by atoms with Crippen LogP contribution in [0.3, 0.4) is 0 Å². The molecule has 1 aromatic carbocycles. The summed E-state index contributed by atoms with van der Waals surface area (Å²) in [7, 11) is 0. The molecule has 1 atom stereocenters. The van der Waals surface area contributed by atoms with Crippen LogP contribution in [-0.2, 0) is 0 Å². The highest BCUT2D eigenvalue weighted by atomic mass is 19.1. The fraction of sp³-hybridized carbons (Fsp3) is 0.294. The maximum atomic E-state index is 12.8. The summed E-state index contributed by atoms with van der Waals surface area (Å²) in [6.45, 7) is 3.74. The van der Waals surface area contributed by atoms with Gasteiger partial charge in [0.2, 0.25) is 5.88 Å². The van der Waals surface area contributed by atoms with Gasteiger partial charge in [-0.1, -0.05) is 18.2 Å². The molecular formula is C17H19FN2O3. The van der Waals surface area contributed by atoms with Crippen LogP contribution in [0.15, 0.2) is 42.5 Å². The topological polar surface area (TPSA) is 71.5 Å². The lowest BCUT2D eigenvalue weighted by atomic mass is 10.1. The second kappa shape index (κ2) is 7.69. The van der Waals surface area contributed by atoms with Gasteiger partial charge in [0.15, 0.2) is 0 Å². The number of benzene rings is 1. The number of halogens is 1. The van der Waals surface area contributed by atoms with E-state index in [4.69, 9.17) is 4.74 Å². The average Bonchev–Trinajstić information content (AvgIpc) is 2.52. The van der Waals surface area contributed by atoms with Crippen LogP contribution in [0.25, 0.3) is 0 Å². The Morgan fingerprint density at radius 3 is 2.61 bits per heavy atom. The van der Waals surface area contributed by atoms with Crippen LogP contribution in [-0.4, -0.2) is 28.6 Å². The molecule has 1 amide bonds. The van der Waals surface area contributed by atoms with Crippen molar-refractivity contribution < 1.29 is 19.0 Å². The van der Waals surface area contributed by atoms with Gasteiger partial charge in [-0.05, 0) is 37.6 Å². The minimum absolute atomic E-state index is 0.00140. The maximum absolute atomic E-state index is 12.8. The number of carbonyl (C=O) groups is 1. The van der Waals surface area contributed by atoms with Gasteiger partial charge in [0.25, 0.3) is 5.91 Å². The van der Waals surface area contributed by atoms with Crippen molar-refractivity contribution >= 4 is 5.91 Å². The Balaban J connectivity index is 1.95. The van der Waals surface area contributed by atoms with Crippen molar-refractivity contribution in [3.63, 3.8) is 0 Å². The van der Waals surface area contributed by atoms with Crippen LogP contribution in [0.4, 0.5) is 4.39 Å². The Kier molecular flexibility index (Phi) is 5.65. The van der Waals surface area contributed by atoms with Gasteiger partial charge in [-0.15, -0.1) is 0 Å². The SMILES string of the molecule is CC(C)Oc1cccc(C(=O)NCC(O)c2ccc(F)cc2)n1. The first-order valence-electron chi connectivity index (χ1n) is 7.31. The standard InChI is InChI=1S/C17H19FN2O3/c1-11(2)23-16-5-3-4-14(20-16)17(22)19-10-15(21)12-6-8-13(18)9-7-12/h3-9,11,15,21H,10H2,1-2H3,(H,19,22). The molecule has 1 unspecified atom stereocenters. The number of aliphatic hydroxyl groups is 1. The number of aromatic nitrogens is 1. The van der Waals surface area contributed by atoms with E-state index in [9.17, 15) is 14.3 Å². The molecule has 0 radical (unpaired) electrons. The van der Waals surface area contributed by atoms with Crippen molar-refractivity contribution in [1.82, 2.24) is 10.3 Å². The lowest BCUT2D eigenvalue weighted by molar-refractivity contribution is 0.0909. The summed E-state index contributed by atoms with van der Waals surface area (Å²) in [6.07, 6.45) is -0.962. The third-order valence-corrected chi connectivity index (χ3v) is 3.02. The molecule has 0 aliphatic rings. The smallest absolute Gasteiger partial charge is 0.270 e. The van der Waals surface area contributed by atoms with Crippen LogP contribution < -0.4 is 10.1 Å². The first kappa shape index (κ1) is 16.9. The summed E-state index contributed by atoms with van der Waals surface area (Å²) < 4.78 is 18.3. The Labute approximate surface area is 134 Å². The molecule has 2 N–H and O–H groups in total. The fourth-order valence-electron chi connectivity index (χ4n) is 1.93. The molecule has 0 aliphatic carbocycles. The molecule has 1 heterocycles. The van der Waals surface area contributed by atoms with E-state index in [-0.39, 0.29) is 24.2 Å². The molecule has 0 spiro atoms. The number of pyridine rings is 1. The number of hydrogen-bond acceptors (Lipinski definition) is 4. The normalized spacial score (nSPS) is 12.0. The Morgan fingerprint density at radius 1 is 1.26 bits per heavy atom. The quantitative estimate of drug-likeness (QED) is 0.858. The first-order valence-corrected chi connectivity index (χ1v) is 7.31. The molecule has 1 aromatic heterocycles. The van der Waals surface area contributed by atoms with Crippen molar-refractivity contribution in [3.05, 3.63) is 59.5 Å². The van der Waals surface area contributed by atoms with Crippen LogP contribution in [0.5, 0.6) is 5.88 Å². The van der Waals surface area contributed by atoms with E-state index in [1.165, 1.54) is 24.3 Å². The summed E-state index contributed by atoms with van der Waals surface area (Å²) >= 11 is 0. The highest BCUT2D eigenvalue weighted by Gasteiger charge is 2.13. The minimum atomic E-state index is -0.922. The van der Waals surface area contributed by atoms with E-state index in [1.807, 2.05) is 13.8 Å². The number of carbonyl (C=O) groups excluding carboxylic acids is 1. The van der Waals surface area contributed by atoms with E-state index < -0.39 is 12.0 Å². The Hall–Kier alpha value is -2.47.